The number of piperidine rings is 1. The molecule has 116 valence electrons. The summed E-state index contributed by atoms with van der Waals surface area (Å²) < 4.78 is 0. The van der Waals surface area contributed by atoms with Crippen LogP contribution in [0.3, 0.4) is 0 Å². The van der Waals surface area contributed by atoms with Crippen LogP contribution in [0.25, 0.3) is 0 Å². The van der Waals surface area contributed by atoms with Gasteiger partial charge in [-0.15, -0.1) is 11.8 Å². The Morgan fingerprint density at radius 1 is 1.43 bits per heavy atom. The molecule has 4 N–H and O–H groups in total. The smallest absolute Gasteiger partial charge is 0.173 e. The number of aliphatic hydroxyl groups is 1. The summed E-state index contributed by atoms with van der Waals surface area (Å²) in [4.78, 5) is 3.26. The summed E-state index contributed by atoms with van der Waals surface area (Å²) in [5.74, 6) is 0.505. The highest BCUT2D eigenvalue weighted by molar-refractivity contribution is 7.98. The van der Waals surface area contributed by atoms with Gasteiger partial charge in [0.25, 0.3) is 0 Å². The number of nitrogens with zero attached hydrogens (tertiary/aromatic N) is 2. The second kappa shape index (κ2) is 7.04. The number of oxime groups is 1. The van der Waals surface area contributed by atoms with Crippen molar-refractivity contribution in [1.29, 1.82) is 0 Å². The molecule has 6 heteroatoms. The number of hydrogen-bond acceptors (Lipinski definition) is 5. The third kappa shape index (κ3) is 3.44. The summed E-state index contributed by atoms with van der Waals surface area (Å²) in [7, 11) is 0. The van der Waals surface area contributed by atoms with E-state index >= 15 is 0 Å². The van der Waals surface area contributed by atoms with Crippen LogP contribution in [0, 0.1) is 5.92 Å². The number of amidine groups is 1. The lowest BCUT2D eigenvalue weighted by atomic mass is 9.91. The van der Waals surface area contributed by atoms with E-state index in [1.54, 1.807) is 11.8 Å². The first-order valence-corrected chi connectivity index (χ1v) is 8.38. The molecule has 1 aliphatic rings. The molecule has 1 atom stereocenters. The van der Waals surface area contributed by atoms with Crippen LogP contribution in [0.15, 0.2) is 28.3 Å². The Morgan fingerprint density at radius 2 is 2.10 bits per heavy atom. The first-order valence-electron chi connectivity index (χ1n) is 7.16. The Bertz CT molecular complexity index is 512. The molecule has 5 nitrogen and oxygen atoms in total. The van der Waals surface area contributed by atoms with Crippen LogP contribution in [-0.4, -0.2) is 41.6 Å². The van der Waals surface area contributed by atoms with Crippen molar-refractivity contribution in [3.8, 4) is 0 Å². The van der Waals surface area contributed by atoms with Gasteiger partial charge in [0.2, 0.25) is 0 Å². The first kappa shape index (κ1) is 16.0. The van der Waals surface area contributed by atoms with Gasteiger partial charge < -0.3 is 20.9 Å². The maximum absolute atomic E-state index is 9.70. The molecule has 2 rings (SSSR count). The lowest BCUT2D eigenvalue weighted by molar-refractivity contribution is 0.110. The van der Waals surface area contributed by atoms with Gasteiger partial charge in [-0.1, -0.05) is 11.2 Å². The molecular formula is C15H23N3O2S. The van der Waals surface area contributed by atoms with Crippen LogP contribution in [0.4, 0.5) is 5.69 Å². The number of thioether (sulfide) groups is 1. The molecule has 1 heterocycles. The molecule has 0 saturated carbocycles. The molecule has 0 aliphatic carbocycles. The van der Waals surface area contributed by atoms with E-state index in [1.165, 1.54) is 0 Å². The fourth-order valence-corrected chi connectivity index (χ4v) is 3.51. The molecular weight excluding hydrogens is 286 g/mol. The Labute approximate surface area is 129 Å². The van der Waals surface area contributed by atoms with E-state index in [4.69, 9.17) is 10.9 Å². The second-order valence-corrected chi connectivity index (χ2v) is 6.25. The SMILES string of the molecule is CSc1cccc(N2CCC(C(C)O)CC2)c1/C(N)=N/O. The van der Waals surface area contributed by atoms with E-state index in [0.717, 1.165) is 42.1 Å². The predicted molar refractivity (Wildman–Crippen MR) is 87.4 cm³/mol. The van der Waals surface area contributed by atoms with E-state index < -0.39 is 0 Å². The van der Waals surface area contributed by atoms with Crippen molar-refractivity contribution in [3.63, 3.8) is 0 Å². The number of anilines is 1. The Morgan fingerprint density at radius 3 is 2.62 bits per heavy atom. The molecule has 0 spiro atoms. The van der Waals surface area contributed by atoms with Gasteiger partial charge in [0.15, 0.2) is 5.84 Å². The van der Waals surface area contributed by atoms with Gasteiger partial charge >= 0.3 is 0 Å². The zero-order chi connectivity index (χ0) is 15.4. The van der Waals surface area contributed by atoms with Crippen LogP contribution >= 0.6 is 11.8 Å². The van der Waals surface area contributed by atoms with Gasteiger partial charge in [0.1, 0.15) is 0 Å². The summed E-state index contributed by atoms with van der Waals surface area (Å²) >= 11 is 1.58. The molecule has 0 radical (unpaired) electrons. The fraction of sp³-hybridized carbons (Fsp3) is 0.533. The van der Waals surface area contributed by atoms with Gasteiger partial charge in [-0.2, -0.15) is 0 Å². The largest absolute Gasteiger partial charge is 0.409 e. The molecule has 1 fully saturated rings. The fourth-order valence-electron chi connectivity index (χ4n) is 2.88. The van der Waals surface area contributed by atoms with E-state index in [2.05, 4.69) is 10.1 Å². The molecule has 0 bridgehead atoms. The lowest BCUT2D eigenvalue weighted by Gasteiger charge is -2.36. The van der Waals surface area contributed by atoms with Crippen LogP contribution in [0.2, 0.25) is 0 Å². The number of benzene rings is 1. The summed E-state index contributed by atoms with van der Waals surface area (Å²) in [6.07, 6.45) is 3.63. The van der Waals surface area contributed by atoms with Crippen molar-refractivity contribution in [2.45, 2.75) is 30.8 Å². The first-order chi connectivity index (χ1) is 10.1. The normalized spacial score (nSPS) is 18.8. The van der Waals surface area contributed by atoms with Gasteiger partial charge in [0, 0.05) is 23.7 Å². The topological polar surface area (TPSA) is 82.1 Å². The van der Waals surface area contributed by atoms with Crippen molar-refractivity contribution < 1.29 is 10.3 Å². The van der Waals surface area contributed by atoms with E-state index in [0.29, 0.717) is 5.92 Å². The van der Waals surface area contributed by atoms with E-state index in [9.17, 15) is 5.11 Å². The standard InChI is InChI=1S/C15H23N3O2S/c1-10(19)11-6-8-18(9-7-11)12-4-3-5-13(21-2)14(12)15(16)17-20/h3-5,10-11,19-20H,6-9H2,1-2H3,(H2,16,17). The lowest BCUT2D eigenvalue weighted by Crippen LogP contribution is -2.38. The molecule has 1 aromatic rings. The molecule has 1 aromatic carbocycles. The van der Waals surface area contributed by atoms with Gasteiger partial charge in [0.05, 0.1) is 11.7 Å². The van der Waals surface area contributed by atoms with Crippen molar-refractivity contribution in [2.75, 3.05) is 24.2 Å². The molecule has 0 amide bonds. The third-order valence-corrected chi connectivity index (χ3v) is 4.93. The average molecular weight is 309 g/mol. The van der Waals surface area contributed by atoms with Crippen molar-refractivity contribution in [2.24, 2.45) is 16.8 Å². The summed E-state index contributed by atoms with van der Waals surface area (Å²) in [5, 5.41) is 21.9. The number of rotatable bonds is 4. The highest BCUT2D eigenvalue weighted by Crippen LogP contribution is 2.32. The minimum atomic E-state index is -0.256. The minimum Gasteiger partial charge on any atom is -0.409 e. The zero-order valence-corrected chi connectivity index (χ0v) is 13.3. The van der Waals surface area contributed by atoms with Crippen LogP contribution in [0.1, 0.15) is 25.3 Å². The maximum atomic E-state index is 9.70. The predicted octanol–water partition coefficient (Wildman–Crippen LogP) is 2.10. The average Bonchev–Trinajstić information content (AvgIpc) is 2.53. The number of nitrogens with two attached hydrogens (primary N) is 1. The van der Waals surface area contributed by atoms with Crippen LogP contribution in [-0.2, 0) is 0 Å². The Balaban J connectivity index is 2.28. The van der Waals surface area contributed by atoms with Crippen molar-refractivity contribution >= 4 is 23.3 Å². The highest BCUT2D eigenvalue weighted by Gasteiger charge is 2.25. The summed E-state index contributed by atoms with van der Waals surface area (Å²) in [5.41, 5.74) is 7.67. The molecule has 0 aromatic heterocycles. The van der Waals surface area contributed by atoms with Gasteiger partial charge in [-0.05, 0) is 44.1 Å². The quantitative estimate of drug-likeness (QED) is 0.261. The van der Waals surface area contributed by atoms with Crippen LogP contribution in [0.5, 0.6) is 0 Å². The van der Waals surface area contributed by atoms with Gasteiger partial charge in [-0.3, -0.25) is 0 Å². The summed E-state index contributed by atoms with van der Waals surface area (Å²) in [6, 6.07) is 5.98. The van der Waals surface area contributed by atoms with Crippen LogP contribution < -0.4 is 10.6 Å². The van der Waals surface area contributed by atoms with Crippen molar-refractivity contribution in [3.05, 3.63) is 23.8 Å². The summed E-state index contributed by atoms with van der Waals surface area (Å²) in [6.45, 7) is 3.61. The molecule has 1 aliphatic heterocycles. The number of aliphatic hydroxyl groups excluding tert-OH is 1. The molecule has 21 heavy (non-hydrogen) atoms. The zero-order valence-electron chi connectivity index (χ0n) is 12.5. The third-order valence-electron chi connectivity index (χ3n) is 4.15. The Hall–Kier alpha value is -1.40. The molecule has 1 saturated heterocycles. The van der Waals surface area contributed by atoms with Gasteiger partial charge in [-0.25, -0.2) is 0 Å². The molecule has 1 unspecified atom stereocenters. The second-order valence-electron chi connectivity index (χ2n) is 5.40. The van der Waals surface area contributed by atoms with E-state index in [1.807, 2.05) is 31.4 Å². The van der Waals surface area contributed by atoms with E-state index in [-0.39, 0.29) is 11.9 Å². The maximum Gasteiger partial charge on any atom is 0.173 e. The highest BCUT2D eigenvalue weighted by atomic mass is 32.2. The minimum absolute atomic E-state index is 0.146. The Kier molecular flexibility index (Phi) is 5.36. The number of hydrogen-bond donors (Lipinski definition) is 3. The monoisotopic (exact) mass is 309 g/mol. The van der Waals surface area contributed by atoms with Crippen molar-refractivity contribution in [1.82, 2.24) is 0 Å².